The Balaban J connectivity index is 1.85. The van der Waals surface area contributed by atoms with Gasteiger partial charge < -0.3 is 24.8 Å². The summed E-state index contributed by atoms with van der Waals surface area (Å²) in [6.07, 6.45) is -0.277. The molecule has 0 aliphatic heterocycles. The van der Waals surface area contributed by atoms with Crippen LogP contribution in [0.3, 0.4) is 0 Å². The first-order valence-corrected chi connectivity index (χ1v) is 11.9. The van der Waals surface area contributed by atoms with Gasteiger partial charge in [-0.2, -0.15) is 0 Å². The Labute approximate surface area is 219 Å². The molecule has 0 spiro atoms. The summed E-state index contributed by atoms with van der Waals surface area (Å²) in [5, 5.41) is 16.4. The highest BCUT2D eigenvalue weighted by atomic mass is 35.5. The van der Waals surface area contributed by atoms with Gasteiger partial charge in [0.15, 0.2) is 0 Å². The Morgan fingerprint density at radius 2 is 1.70 bits per heavy atom. The van der Waals surface area contributed by atoms with Gasteiger partial charge >= 0.3 is 18.2 Å². The molecule has 0 saturated heterocycles. The van der Waals surface area contributed by atoms with Crippen LogP contribution in [0.4, 0.5) is 15.3 Å². The summed E-state index contributed by atoms with van der Waals surface area (Å²) in [4.78, 5) is 47.1. The number of nitro benzene ring substituents is 1. The minimum atomic E-state index is -1.04. The summed E-state index contributed by atoms with van der Waals surface area (Å²) in [6, 6.07) is 11.0. The van der Waals surface area contributed by atoms with Crippen molar-refractivity contribution in [3.05, 3.63) is 69.2 Å². The third-order valence-corrected chi connectivity index (χ3v) is 5.12. The number of non-ortho nitro benzene ring substituents is 1. The van der Waals surface area contributed by atoms with E-state index in [4.69, 9.17) is 25.8 Å². The topological polar surface area (TPSA) is 146 Å². The van der Waals surface area contributed by atoms with Gasteiger partial charge in [0.25, 0.3) is 5.69 Å². The van der Waals surface area contributed by atoms with Gasteiger partial charge in [0.05, 0.1) is 4.92 Å². The number of hydrogen-bond acceptors (Lipinski definition) is 8. The van der Waals surface area contributed by atoms with Gasteiger partial charge in [-0.05, 0) is 58.2 Å². The highest BCUT2D eigenvalue weighted by molar-refractivity contribution is 6.31. The van der Waals surface area contributed by atoms with Crippen molar-refractivity contribution < 1.29 is 33.5 Å². The molecule has 0 heterocycles. The highest BCUT2D eigenvalue weighted by Gasteiger charge is 2.26. The average molecular weight is 536 g/mol. The molecule has 0 radical (unpaired) electrons. The maximum atomic E-state index is 12.7. The molecular formula is C25H30ClN3O8. The largest absolute Gasteiger partial charge is 0.445 e. The summed E-state index contributed by atoms with van der Waals surface area (Å²) >= 11 is 6.03. The Morgan fingerprint density at radius 1 is 1.03 bits per heavy atom. The lowest BCUT2D eigenvalue weighted by atomic mass is 10.1. The normalized spacial score (nSPS) is 11.7. The zero-order valence-corrected chi connectivity index (χ0v) is 21.6. The molecular weight excluding hydrogens is 506 g/mol. The molecule has 2 aromatic carbocycles. The van der Waals surface area contributed by atoms with Crippen molar-refractivity contribution in [1.29, 1.82) is 0 Å². The van der Waals surface area contributed by atoms with Gasteiger partial charge in [0.2, 0.25) is 0 Å². The minimum Gasteiger partial charge on any atom is -0.445 e. The second kappa shape index (κ2) is 14.0. The Morgan fingerprint density at radius 3 is 2.32 bits per heavy atom. The first-order valence-electron chi connectivity index (χ1n) is 11.5. The fraction of sp³-hybridized carbons (Fsp3) is 0.400. The number of esters is 1. The summed E-state index contributed by atoms with van der Waals surface area (Å²) in [5.74, 6) is -0.665. The van der Waals surface area contributed by atoms with Gasteiger partial charge in [-0.15, -0.1) is 0 Å². The van der Waals surface area contributed by atoms with Crippen LogP contribution in [0.5, 0.6) is 5.75 Å². The summed E-state index contributed by atoms with van der Waals surface area (Å²) in [7, 11) is 0. The van der Waals surface area contributed by atoms with Crippen LogP contribution in [0, 0.1) is 10.1 Å². The lowest BCUT2D eigenvalue weighted by Gasteiger charge is -2.23. The van der Waals surface area contributed by atoms with Crippen molar-refractivity contribution in [3.8, 4) is 5.75 Å². The number of nitro groups is 1. The summed E-state index contributed by atoms with van der Waals surface area (Å²) in [5.41, 5.74) is -0.242. The van der Waals surface area contributed by atoms with E-state index in [1.54, 1.807) is 45.0 Å². The number of unbranched alkanes of at least 4 members (excludes halogenated alkanes) is 1. The fourth-order valence-corrected chi connectivity index (χ4v) is 3.19. The predicted octanol–water partition coefficient (Wildman–Crippen LogP) is 5.14. The number of ether oxygens (including phenoxy) is 3. The molecule has 0 aliphatic rings. The molecule has 2 N–H and O–H groups in total. The zero-order chi connectivity index (χ0) is 27.4. The van der Waals surface area contributed by atoms with Crippen molar-refractivity contribution in [2.45, 2.75) is 58.3 Å². The van der Waals surface area contributed by atoms with Crippen LogP contribution >= 0.6 is 11.6 Å². The summed E-state index contributed by atoms with van der Waals surface area (Å²) in [6.45, 7) is 5.37. The second-order valence-electron chi connectivity index (χ2n) is 8.96. The number of halogens is 1. The molecule has 2 amide bonds. The van der Waals surface area contributed by atoms with Gasteiger partial charge in [0.1, 0.15) is 24.0 Å². The number of nitrogens with one attached hydrogen (secondary N) is 2. The zero-order valence-electron chi connectivity index (χ0n) is 20.8. The SMILES string of the molecule is CC(C)(C)OC(=O)N[C@@H](CCCCNC(=O)OCc1ccccc1Cl)C(=O)Oc1ccc([N+](=O)[O-])cc1. The van der Waals surface area contributed by atoms with Crippen molar-refractivity contribution in [2.24, 2.45) is 0 Å². The molecule has 0 aromatic heterocycles. The van der Waals surface area contributed by atoms with Crippen molar-refractivity contribution in [2.75, 3.05) is 6.54 Å². The van der Waals surface area contributed by atoms with Crippen LogP contribution in [0.25, 0.3) is 0 Å². The fourth-order valence-electron chi connectivity index (χ4n) is 3.00. The van der Waals surface area contributed by atoms with E-state index in [0.29, 0.717) is 23.4 Å². The minimum absolute atomic E-state index is 0.0296. The highest BCUT2D eigenvalue weighted by Crippen LogP contribution is 2.19. The van der Waals surface area contributed by atoms with E-state index in [-0.39, 0.29) is 31.0 Å². The molecule has 2 rings (SSSR count). The van der Waals surface area contributed by atoms with E-state index in [9.17, 15) is 24.5 Å². The predicted molar refractivity (Wildman–Crippen MR) is 135 cm³/mol. The number of carbonyl (C=O) groups is 3. The molecule has 200 valence electrons. The number of alkyl carbamates (subject to hydrolysis) is 2. The quantitative estimate of drug-likeness (QED) is 0.132. The maximum absolute atomic E-state index is 12.7. The molecule has 0 bridgehead atoms. The number of nitrogens with zero attached hydrogens (tertiary/aromatic N) is 1. The third-order valence-electron chi connectivity index (χ3n) is 4.75. The van der Waals surface area contributed by atoms with Crippen molar-refractivity contribution >= 4 is 35.4 Å². The van der Waals surface area contributed by atoms with Crippen LogP contribution in [-0.2, 0) is 20.9 Å². The van der Waals surface area contributed by atoms with Crippen LogP contribution < -0.4 is 15.4 Å². The summed E-state index contributed by atoms with van der Waals surface area (Å²) < 4.78 is 15.7. The molecule has 1 atom stereocenters. The molecule has 2 aromatic rings. The van der Waals surface area contributed by atoms with E-state index in [1.165, 1.54) is 24.3 Å². The third kappa shape index (κ3) is 11.2. The molecule has 0 fully saturated rings. The monoisotopic (exact) mass is 535 g/mol. The van der Waals surface area contributed by atoms with Crippen molar-refractivity contribution in [1.82, 2.24) is 10.6 Å². The lowest BCUT2D eigenvalue weighted by Crippen LogP contribution is -2.45. The number of carbonyl (C=O) groups excluding carboxylic acids is 3. The van der Waals surface area contributed by atoms with Crippen LogP contribution in [-0.4, -0.2) is 41.3 Å². The molecule has 0 saturated carbocycles. The molecule has 0 aliphatic carbocycles. The first-order chi connectivity index (χ1) is 17.4. The maximum Gasteiger partial charge on any atom is 0.408 e. The first kappa shape index (κ1) is 29.4. The van der Waals surface area contributed by atoms with Gasteiger partial charge in [-0.3, -0.25) is 10.1 Å². The van der Waals surface area contributed by atoms with Crippen LogP contribution in [0.2, 0.25) is 5.02 Å². The van der Waals surface area contributed by atoms with E-state index < -0.39 is 34.7 Å². The van der Waals surface area contributed by atoms with Crippen LogP contribution in [0.1, 0.15) is 45.6 Å². The lowest BCUT2D eigenvalue weighted by molar-refractivity contribution is -0.384. The van der Waals surface area contributed by atoms with Gasteiger partial charge in [0, 0.05) is 29.3 Å². The van der Waals surface area contributed by atoms with E-state index >= 15 is 0 Å². The van der Waals surface area contributed by atoms with Crippen LogP contribution in [0.15, 0.2) is 48.5 Å². The molecule has 11 nitrogen and oxygen atoms in total. The van der Waals surface area contributed by atoms with Crippen molar-refractivity contribution in [3.63, 3.8) is 0 Å². The Bertz CT molecular complexity index is 1090. The number of benzene rings is 2. The number of hydrogen-bond donors (Lipinski definition) is 2. The van der Waals surface area contributed by atoms with E-state index in [0.717, 1.165) is 0 Å². The Kier molecular flexibility index (Phi) is 11.1. The van der Waals surface area contributed by atoms with E-state index in [1.807, 2.05) is 0 Å². The molecule has 12 heteroatoms. The second-order valence-corrected chi connectivity index (χ2v) is 9.37. The molecule has 0 unspecified atom stereocenters. The number of amides is 2. The van der Waals surface area contributed by atoms with E-state index in [2.05, 4.69) is 10.6 Å². The average Bonchev–Trinajstić information content (AvgIpc) is 2.81. The smallest absolute Gasteiger partial charge is 0.408 e. The molecule has 37 heavy (non-hydrogen) atoms. The number of rotatable bonds is 11. The van der Waals surface area contributed by atoms with Gasteiger partial charge in [-0.1, -0.05) is 29.8 Å². The Hall–Kier alpha value is -3.86. The van der Waals surface area contributed by atoms with Gasteiger partial charge in [-0.25, -0.2) is 14.4 Å². The standard InChI is InChI=1S/C25H30ClN3O8/c1-25(2,3)37-24(32)28-21(22(30)36-19-13-11-18(12-14-19)29(33)34)10-6-7-15-27-23(31)35-16-17-8-4-5-9-20(17)26/h4-5,8-9,11-14,21H,6-7,10,15-16H2,1-3H3,(H,27,31)(H,28,32)/t21-/m0/s1.